The minimum absolute atomic E-state index is 0.0150. The second-order valence-corrected chi connectivity index (χ2v) is 4.27. The highest BCUT2D eigenvalue weighted by Crippen LogP contribution is 2.30. The summed E-state index contributed by atoms with van der Waals surface area (Å²) in [5.74, 6) is 0. The molecule has 1 amide bonds. The van der Waals surface area contributed by atoms with Crippen LogP contribution in [0.4, 0.5) is 4.79 Å². The highest BCUT2D eigenvalue weighted by molar-refractivity contribution is 8.16. The van der Waals surface area contributed by atoms with E-state index in [-0.39, 0.29) is 10.8 Å². The topological polar surface area (TPSA) is 29.1 Å². The first-order valence-corrected chi connectivity index (χ1v) is 3.99. The first kappa shape index (κ1) is 7.66. The first-order valence-electron chi connectivity index (χ1n) is 3.17. The molecule has 1 saturated heterocycles. The van der Waals surface area contributed by atoms with Gasteiger partial charge in [-0.25, -0.2) is 0 Å². The summed E-state index contributed by atoms with van der Waals surface area (Å²) in [6.07, 6.45) is 0.864. The first-order chi connectivity index (χ1) is 4.49. The molecule has 0 aromatic rings. The van der Waals surface area contributed by atoms with Crippen LogP contribution in [0.15, 0.2) is 11.5 Å². The van der Waals surface area contributed by atoms with Crippen LogP contribution in [0.2, 0.25) is 0 Å². The predicted octanol–water partition coefficient (Wildman–Crippen LogP) is 2.13. The van der Waals surface area contributed by atoms with Crippen LogP contribution >= 0.6 is 11.8 Å². The zero-order valence-electron chi connectivity index (χ0n) is 6.23. The number of amides is 1. The Morgan fingerprint density at radius 1 is 1.70 bits per heavy atom. The smallest absolute Gasteiger partial charge is 0.283 e. The van der Waals surface area contributed by atoms with Crippen molar-refractivity contribution in [2.45, 2.75) is 25.8 Å². The highest BCUT2D eigenvalue weighted by Gasteiger charge is 2.27. The van der Waals surface area contributed by atoms with Gasteiger partial charge in [0, 0.05) is 12.0 Å². The molecule has 0 unspecified atom stereocenters. The van der Waals surface area contributed by atoms with Gasteiger partial charge >= 0.3 is 0 Å². The van der Waals surface area contributed by atoms with E-state index in [2.05, 4.69) is 11.9 Å². The molecule has 0 bridgehead atoms. The summed E-state index contributed by atoms with van der Waals surface area (Å²) in [4.78, 5) is 11.8. The van der Waals surface area contributed by atoms with Gasteiger partial charge in [0.05, 0.1) is 0 Å². The molecule has 56 valence electrons. The van der Waals surface area contributed by atoms with Gasteiger partial charge in [0.25, 0.3) is 5.24 Å². The van der Waals surface area contributed by atoms with Gasteiger partial charge in [0.1, 0.15) is 0 Å². The van der Waals surface area contributed by atoms with E-state index < -0.39 is 0 Å². The predicted molar refractivity (Wildman–Crippen MR) is 44.0 cm³/mol. The molecule has 0 saturated carbocycles. The minimum atomic E-state index is -0.0978. The normalized spacial score (nSPS) is 24.2. The van der Waals surface area contributed by atoms with E-state index in [1.54, 1.807) is 0 Å². The minimum Gasteiger partial charge on any atom is -0.341 e. The third-order valence-corrected chi connectivity index (χ3v) is 2.04. The second kappa shape index (κ2) is 2.31. The molecule has 1 fully saturated rings. The fourth-order valence-electron chi connectivity index (χ4n) is 1.01. The molecule has 1 aliphatic heterocycles. The Morgan fingerprint density at radius 3 is 2.70 bits per heavy atom. The molecule has 10 heavy (non-hydrogen) atoms. The summed E-state index contributed by atoms with van der Waals surface area (Å²) >= 11 is 1.20. The Kier molecular flexibility index (Phi) is 1.77. The lowest BCUT2D eigenvalue weighted by Gasteiger charge is -2.30. The van der Waals surface area contributed by atoms with Crippen molar-refractivity contribution < 1.29 is 4.79 Å². The average molecular weight is 157 g/mol. The monoisotopic (exact) mass is 157 g/mol. The van der Waals surface area contributed by atoms with Crippen molar-refractivity contribution in [3.05, 3.63) is 11.5 Å². The molecule has 0 aliphatic carbocycles. The van der Waals surface area contributed by atoms with Crippen molar-refractivity contribution in [2.75, 3.05) is 0 Å². The zero-order valence-corrected chi connectivity index (χ0v) is 7.05. The number of rotatable bonds is 0. The van der Waals surface area contributed by atoms with Gasteiger partial charge < -0.3 is 5.32 Å². The lowest BCUT2D eigenvalue weighted by Crippen LogP contribution is -2.44. The number of nitrogens with one attached hydrogen (secondary N) is 1. The number of hydrogen-bond donors (Lipinski definition) is 1. The molecule has 3 heteroatoms. The maximum atomic E-state index is 10.9. The summed E-state index contributed by atoms with van der Waals surface area (Å²) < 4.78 is 0. The van der Waals surface area contributed by atoms with Crippen molar-refractivity contribution in [1.29, 1.82) is 0 Å². The number of carbonyl (C=O) groups is 1. The second-order valence-electron chi connectivity index (χ2n) is 3.11. The summed E-state index contributed by atoms with van der Waals surface area (Å²) in [5.41, 5.74) is -0.0978. The van der Waals surface area contributed by atoms with E-state index in [0.717, 1.165) is 11.3 Å². The Labute approximate surface area is 65.1 Å². The summed E-state index contributed by atoms with van der Waals surface area (Å²) in [7, 11) is 0. The van der Waals surface area contributed by atoms with Crippen molar-refractivity contribution in [3.8, 4) is 0 Å². The van der Waals surface area contributed by atoms with Crippen molar-refractivity contribution in [3.63, 3.8) is 0 Å². The SMILES string of the molecule is C=C1CC(C)(C)NC(=O)S1. The van der Waals surface area contributed by atoms with Gasteiger partial charge in [0.15, 0.2) is 0 Å². The molecule has 2 nitrogen and oxygen atoms in total. The van der Waals surface area contributed by atoms with E-state index in [1.807, 2.05) is 13.8 Å². The fraction of sp³-hybridized carbons (Fsp3) is 0.571. The van der Waals surface area contributed by atoms with Crippen molar-refractivity contribution in [1.82, 2.24) is 5.32 Å². The molecule has 1 rings (SSSR count). The third-order valence-electron chi connectivity index (χ3n) is 1.32. The van der Waals surface area contributed by atoms with Crippen LogP contribution in [0.3, 0.4) is 0 Å². The molecule has 0 spiro atoms. The summed E-state index contributed by atoms with van der Waals surface area (Å²) in [6.45, 7) is 7.75. The molecule has 1 aliphatic rings. The third kappa shape index (κ3) is 1.77. The van der Waals surface area contributed by atoms with Crippen LogP contribution in [0.25, 0.3) is 0 Å². The van der Waals surface area contributed by atoms with Gasteiger partial charge in [0.2, 0.25) is 0 Å². The highest BCUT2D eigenvalue weighted by atomic mass is 32.2. The van der Waals surface area contributed by atoms with E-state index in [0.29, 0.717) is 0 Å². The van der Waals surface area contributed by atoms with Crippen LogP contribution in [0.5, 0.6) is 0 Å². The molecule has 0 atom stereocenters. The largest absolute Gasteiger partial charge is 0.341 e. The Hall–Kier alpha value is -0.440. The van der Waals surface area contributed by atoms with Crippen LogP contribution in [-0.4, -0.2) is 10.8 Å². The van der Waals surface area contributed by atoms with Crippen LogP contribution in [0, 0.1) is 0 Å². The fourth-order valence-corrected chi connectivity index (χ4v) is 2.03. The molecule has 0 radical (unpaired) electrons. The number of carbonyl (C=O) groups excluding carboxylic acids is 1. The van der Waals surface area contributed by atoms with E-state index in [4.69, 9.17) is 0 Å². The summed E-state index contributed by atoms with van der Waals surface area (Å²) in [6, 6.07) is 0. The van der Waals surface area contributed by atoms with Gasteiger partial charge in [-0.3, -0.25) is 4.79 Å². The molecule has 0 aromatic carbocycles. The van der Waals surface area contributed by atoms with Gasteiger partial charge in [-0.05, 0) is 30.5 Å². The lowest BCUT2D eigenvalue weighted by atomic mass is 10.0. The van der Waals surface area contributed by atoms with Crippen LogP contribution in [-0.2, 0) is 0 Å². The Bertz CT molecular complexity index is 168. The number of hydrogen-bond acceptors (Lipinski definition) is 2. The molecule has 0 aromatic heterocycles. The molecule has 1 heterocycles. The molecule has 1 N–H and O–H groups in total. The maximum Gasteiger partial charge on any atom is 0.283 e. The lowest BCUT2D eigenvalue weighted by molar-refractivity contribution is 0.249. The average Bonchev–Trinajstić information content (AvgIpc) is 1.54. The maximum absolute atomic E-state index is 10.9. The Morgan fingerprint density at radius 2 is 2.30 bits per heavy atom. The standard InChI is InChI=1S/C7H11NOS/c1-5-4-7(2,3)8-6(9)10-5/h1,4H2,2-3H3,(H,8,9). The van der Waals surface area contributed by atoms with E-state index in [1.165, 1.54) is 11.8 Å². The van der Waals surface area contributed by atoms with Crippen LogP contribution in [0.1, 0.15) is 20.3 Å². The van der Waals surface area contributed by atoms with Gasteiger partial charge in [-0.2, -0.15) is 0 Å². The van der Waals surface area contributed by atoms with E-state index in [9.17, 15) is 4.79 Å². The van der Waals surface area contributed by atoms with Crippen LogP contribution < -0.4 is 5.32 Å². The molecular formula is C7H11NOS. The zero-order chi connectivity index (χ0) is 7.78. The quantitative estimate of drug-likeness (QED) is 0.583. The van der Waals surface area contributed by atoms with Gasteiger partial charge in [-0.1, -0.05) is 6.58 Å². The van der Waals surface area contributed by atoms with Crippen molar-refractivity contribution in [2.24, 2.45) is 0 Å². The van der Waals surface area contributed by atoms with E-state index >= 15 is 0 Å². The molecular weight excluding hydrogens is 146 g/mol. The van der Waals surface area contributed by atoms with Gasteiger partial charge in [-0.15, -0.1) is 0 Å². The number of thioether (sulfide) groups is 1. The van der Waals surface area contributed by atoms with Crippen molar-refractivity contribution >= 4 is 17.0 Å². The Balaban J connectivity index is 2.68. The summed E-state index contributed by atoms with van der Waals surface area (Å²) in [5, 5.41) is 2.86.